The number of hydrogen-bond donors (Lipinski definition) is 3. The molecule has 3 aromatic rings. The Hall–Kier alpha value is -3.07. The summed E-state index contributed by atoms with van der Waals surface area (Å²) in [6, 6.07) is 8.50. The Bertz CT molecular complexity index is 1060. The van der Waals surface area contributed by atoms with Crippen molar-refractivity contribution in [2.24, 2.45) is 0 Å². The second-order valence-electron chi connectivity index (χ2n) is 6.43. The van der Waals surface area contributed by atoms with Gasteiger partial charge in [0.1, 0.15) is 11.6 Å². The van der Waals surface area contributed by atoms with Crippen LogP contribution in [0.2, 0.25) is 0 Å². The summed E-state index contributed by atoms with van der Waals surface area (Å²) in [4.78, 5) is 4.23. The van der Waals surface area contributed by atoms with Gasteiger partial charge in [0.05, 0.1) is 29.1 Å². The monoisotopic (exact) mass is 386 g/mol. The number of benzene rings is 1. The summed E-state index contributed by atoms with van der Waals surface area (Å²) < 4.78 is 26.5. The summed E-state index contributed by atoms with van der Waals surface area (Å²) in [5.41, 5.74) is 20.4. The molecule has 8 nitrogen and oxygen atoms in total. The van der Waals surface area contributed by atoms with Crippen LogP contribution in [0.1, 0.15) is 16.7 Å². The van der Waals surface area contributed by atoms with Gasteiger partial charge in [-0.05, 0) is 36.2 Å². The Morgan fingerprint density at radius 1 is 1.11 bits per heavy atom. The van der Waals surface area contributed by atoms with Crippen LogP contribution in [-0.4, -0.2) is 28.9 Å². The zero-order chi connectivity index (χ0) is 19.6. The highest BCUT2D eigenvalue weighted by atomic mass is 32.2. The van der Waals surface area contributed by atoms with E-state index in [1.807, 2.05) is 6.92 Å². The maximum atomic E-state index is 12.4. The molecule has 0 fully saturated rings. The van der Waals surface area contributed by atoms with Gasteiger partial charge >= 0.3 is 0 Å². The highest BCUT2D eigenvalue weighted by Gasteiger charge is 2.15. The van der Waals surface area contributed by atoms with Gasteiger partial charge in [0.15, 0.2) is 9.84 Å². The molecule has 0 saturated heterocycles. The normalized spacial score (nSPS) is 11.6. The molecule has 1 aromatic carbocycles. The van der Waals surface area contributed by atoms with E-state index in [9.17, 15) is 8.42 Å². The molecular weight excluding hydrogens is 364 g/mol. The van der Waals surface area contributed by atoms with E-state index < -0.39 is 9.84 Å². The van der Waals surface area contributed by atoms with Gasteiger partial charge in [-0.1, -0.05) is 17.7 Å². The van der Waals surface area contributed by atoms with Crippen molar-refractivity contribution in [3.63, 3.8) is 0 Å². The summed E-state index contributed by atoms with van der Waals surface area (Å²) in [7, 11) is -3.36. The minimum Gasteiger partial charge on any atom is -0.396 e. The largest absolute Gasteiger partial charge is 0.396 e. The number of anilines is 3. The number of hydrogen-bond acceptors (Lipinski definition) is 7. The fourth-order valence-electron chi connectivity index (χ4n) is 2.72. The van der Waals surface area contributed by atoms with Crippen LogP contribution in [0.5, 0.6) is 0 Å². The Balaban J connectivity index is 1.69. The van der Waals surface area contributed by atoms with E-state index in [0.717, 1.165) is 16.7 Å². The lowest BCUT2D eigenvalue weighted by Crippen LogP contribution is -2.13. The van der Waals surface area contributed by atoms with Crippen molar-refractivity contribution in [2.45, 2.75) is 24.8 Å². The first-order valence-corrected chi connectivity index (χ1v) is 10.0. The second kappa shape index (κ2) is 7.28. The van der Waals surface area contributed by atoms with Gasteiger partial charge in [-0.3, -0.25) is 4.68 Å². The molecule has 142 valence electrons. The zero-order valence-corrected chi connectivity index (χ0v) is 15.8. The van der Waals surface area contributed by atoms with Crippen molar-refractivity contribution < 1.29 is 8.42 Å². The molecule has 2 aromatic heterocycles. The summed E-state index contributed by atoms with van der Waals surface area (Å²) in [5.74, 6) is 0.462. The highest BCUT2D eigenvalue weighted by Crippen LogP contribution is 2.23. The van der Waals surface area contributed by atoms with E-state index in [-0.39, 0.29) is 18.1 Å². The average molecular weight is 386 g/mol. The standard InChI is InChI=1S/C18H22N6O2S/c1-12-2-4-15(5-3-12)27(25,26)7-6-24-11-13(10-22-24)8-14-9-16(19)23-18(21)17(14)20/h2-5,9-11H,6-8,20H2,1H3,(H4,19,21,23). The third kappa shape index (κ3) is 4.37. The van der Waals surface area contributed by atoms with E-state index in [0.29, 0.717) is 22.8 Å². The zero-order valence-electron chi connectivity index (χ0n) is 15.0. The van der Waals surface area contributed by atoms with Gasteiger partial charge in [0.25, 0.3) is 0 Å². The number of sulfone groups is 1. The molecule has 2 heterocycles. The number of rotatable bonds is 6. The maximum absolute atomic E-state index is 12.4. The highest BCUT2D eigenvalue weighted by molar-refractivity contribution is 7.91. The van der Waals surface area contributed by atoms with Crippen LogP contribution in [0.4, 0.5) is 17.3 Å². The van der Waals surface area contributed by atoms with Gasteiger partial charge in [0.2, 0.25) is 0 Å². The van der Waals surface area contributed by atoms with E-state index in [4.69, 9.17) is 17.2 Å². The molecule has 0 spiro atoms. The van der Waals surface area contributed by atoms with Crippen LogP contribution in [0.15, 0.2) is 47.6 Å². The molecule has 9 heteroatoms. The van der Waals surface area contributed by atoms with Crippen LogP contribution in [0.3, 0.4) is 0 Å². The van der Waals surface area contributed by atoms with Crippen LogP contribution in [-0.2, 0) is 22.8 Å². The Morgan fingerprint density at radius 2 is 1.81 bits per heavy atom. The molecule has 0 amide bonds. The van der Waals surface area contributed by atoms with Crippen LogP contribution in [0, 0.1) is 6.92 Å². The fourth-order valence-corrected chi connectivity index (χ4v) is 3.93. The smallest absolute Gasteiger partial charge is 0.180 e. The van der Waals surface area contributed by atoms with Gasteiger partial charge in [-0.15, -0.1) is 0 Å². The molecule has 0 aliphatic heterocycles. The fraction of sp³-hybridized carbons (Fsp3) is 0.222. The number of aromatic nitrogens is 3. The van der Waals surface area contributed by atoms with Gasteiger partial charge < -0.3 is 17.2 Å². The molecule has 0 bridgehead atoms. The number of nitrogens with two attached hydrogens (primary N) is 3. The van der Waals surface area contributed by atoms with E-state index in [1.165, 1.54) is 0 Å². The minimum atomic E-state index is -3.36. The maximum Gasteiger partial charge on any atom is 0.180 e. The first-order valence-electron chi connectivity index (χ1n) is 8.36. The van der Waals surface area contributed by atoms with Crippen LogP contribution >= 0.6 is 0 Å². The van der Waals surface area contributed by atoms with Crippen molar-refractivity contribution >= 4 is 27.2 Å². The van der Waals surface area contributed by atoms with Crippen molar-refractivity contribution in [3.8, 4) is 0 Å². The minimum absolute atomic E-state index is 0.0333. The first kappa shape index (κ1) is 18.7. The van der Waals surface area contributed by atoms with Crippen LogP contribution < -0.4 is 17.2 Å². The lowest BCUT2D eigenvalue weighted by atomic mass is 10.1. The third-order valence-corrected chi connectivity index (χ3v) is 5.95. The average Bonchev–Trinajstić information content (AvgIpc) is 3.05. The van der Waals surface area contributed by atoms with Crippen LogP contribution in [0.25, 0.3) is 0 Å². The van der Waals surface area contributed by atoms with E-state index >= 15 is 0 Å². The summed E-state index contributed by atoms with van der Waals surface area (Å²) in [6.07, 6.45) is 3.94. The number of aryl methyl sites for hydroxylation is 2. The van der Waals surface area contributed by atoms with Crippen molar-refractivity contribution in [2.75, 3.05) is 23.0 Å². The molecule has 0 aliphatic rings. The molecule has 27 heavy (non-hydrogen) atoms. The lowest BCUT2D eigenvalue weighted by molar-refractivity contribution is 0.580. The van der Waals surface area contributed by atoms with Crippen molar-refractivity contribution in [1.29, 1.82) is 0 Å². The molecule has 0 unspecified atom stereocenters. The molecular formula is C18H22N6O2S. The Kier molecular flexibility index (Phi) is 5.04. The summed E-state index contributed by atoms with van der Waals surface area (Å²) in [5, 5.41) is 4.23. The number of nitrogen functional groups attached to an aromatic ring is 3. The van der Waals surface area contributed by atoms with Crippen molar-refractivity contribution in [3.05, 3.63) is 59.4 Å². The van der Waals surface area contributed by atoms with E-state index in [2.05, 4.69) is 10.1 Å². The van der Waals surface area contributed by atoms with Gasteiger partial charge in [-0.25, -0.2) is 13.4 Å². The predicted octanol–water partition coefficient (Wildman–Crippen LogP) is 1.40. The second-order valence-corrected chi connectivity index (χ2v) is 8.53. The van der Waals surface area contributed by atoms with Gasteiger partial charge in [-0.2, -0.15) is 5.10 Å². The summed E-state index contributed by atoms with van der Waals surface area (Å²) >= 11 is 0. The Labute approximate surface area is 157 Å². The first-order chi connectivity index (χ1) is 12.7. The molecule has 0 radical (unpaired) electrons. The van der Waals surface area contributed by atoms with Gasteiger partial charge in [0, 0.05) is 12.6 Å². The molecule has 0 saturated carbocycles. The summed E-state index contributed by atoms with van der Waals surface area (Å²) in [6.45, 7) is 2.17. The number of pyridine rings is 1. The topological polar surface area (TPSA) is 143 Å². The quantitative estimate of drug-likeness (QED) is 0.581. The van der Waals surface area contributed by atoms with Crippen molar-refractivity contribution in [1.82, 2.24) is 14.8 Å². The lowest BCUT2D eigenvalue weighted by Gasteiger charge is -2.08. The molecule has 6 N–H and O–H groups in total. The van der Waals surface area contributed by atoms with E-state index in [1.54, 1.807) is 47.4 Å². The molecule has 0 aliphatic carbocycles. The SMILES string of the molecule is Cc1ccc(S(=O)(=O)CCn2cc(Cc3cc(N)nc(N)c3N)cn2)cc1. The third-order valence-electron chi connectivity index (χ3n) is 4.24. The Morgan fingerprint density at radius 3 is 2.52 bits per heavy atom. The predicted molar refractivity (Wildman–Crippen MR) is 106 cm³/mol. The molecule has 3 rings (SSSR count). The molecule has 0 atom stereocenters. The number of nitrogens with zero attached hydrogens (tertiary/aromatic N) is 3.